The van der Waals surface area contributed by atoms with Crippen molar-refractivity contribution in [2.45, 2.75) is 44.7 Å². The van der Waals surface area contributed by atoms with Gasteiger partial charge in [0.2, 0.25) is 5.91 Å². The molecule has 6 heteroatoms. The number of hydrogen-bond donors (Lipinski definition) is 2. The van der Waals surface area contributed by atoms with Crippen LogP contribution < -0.4 is 10.6 Å². The number of nitrogens with zero attached hydrogens (tertiary/aromatic N) is 1. The summed E-state index contributed by atoms with van der Waals surface area (Å²) in [5, 5.41) is 6.79. The molecule has 5 nitrogen and oxygen atoms in total. The maximum Gasteiger partial charge on any atom is 0.252 e. The molecule has 124 valence electrons. The second-order valence-corrected chi connectivity index (χ2v) is 7.45. The average Bonchev–Trinajstić information content (AvgIpc) is 3.15. The maximum absolute atomic E-state index is 12.2. The molecule has 0 saturated carbocycles. The van der Waals surface area contributed by atoms with Crippen molar-refractivity contribution in [2.75, 3.05) is 0 Å². The van der Waals surface area contributed by atoms with E-state index in [1.54, 1.807) is 17.4 Å². The van der Waals surface area contributed by atoms with Crippen molar-refractivity contribution in [3.63, 3.8) is 0 Å². The highest BCUT2D eigenvalue weighted by atomic mass is 32.1. The summed E-state index contributed by atoms with van der Waals surface area (Å²) in [4.78, 5) is 30.2. The number of carbonyl (C=O) groups excluding carboxylic acids is 2. The van der Waals surface area contributed by atoms with Gasteiger partial charge in [0.05, 0.1) is 24.7 Å². The summed E-state index contributed by atoms with van der Waals surface area (Å²) in [6.45, 7) is 0.471. The highest BCUT2D eigenvalue weighted by molar-refractivity contribution is 7.11. The van der Waals surface area contributed by atoms with Crippen molar-refractivity contribution in [2.24, 2.45) is 0 Å². The number of fused-ring (bicyclic) bond motifs is 2. The molecule has 0 radical (unpaired) electrons. The molecule has 2 N–H and O–H groups in total. The molecule has 1 aliphatic carbocycles. The molecule has 1 aromatic heterocycles. The van der Waals surface area contributed by atoms with E-state index in [0.717, 1.165) is 23.4 Å². The van der Waals surface area contributed by atoms with E-state index in [1.807, 2.05) is 18.2 Å². The average molecular weight is 341 g/mol. The molecular formula is C18H19N3O2S. The van der Waals surface area contributed by atoms with Gasteiger partial charge < -0.3 is 10.6 Å². The highest BCUT2D eigenvalue weighted by Crippen LogP contribution is 2.28. The molecule has 24 heavy (non-hydrogen) atoms. The zero-order chi connectivity index (χ0) is 16.5. The van der Waals surface area contributed by atoms with Crippen LogP contribution in [0.4, 0.5) is 0 Å². The van der Waals surface area contributed by atoms with Gasteiger partial charge >= 0.3 is 0 Å². The van der Waals surface area contributed by atoms with Gasteiger partial charge in [-0.25, -0.2) is 4.98 Å². The van der Waals surface area contributed by atoms with Gasteiger partial charge in [-0.15, -0.1) is 11.3 Å². The van der Waals surface area contributed by atoms with Crippen LogP contribution in [0.15, 0.2) is 24.3 Å². The van der Waals surface area contributed by atoms with Crippen LogP contribution in [0.2, 0.25) is 0 Å². The first-order valence-electron chi connectivity index (χ1n) is 8.34. The minimum atomic E-state index is -0.238. The first-order chi connectivity index (χ1) is 11.7. The number of amides is 2. The number of thiazole rings is 1. The number of carbonyl (C=O) groups is 2. The minimum Gasteiger partial charge on any atom is -0.350 e. The predicted molar refractivity (Wildman–Crippen MR) is 91.9 cm³/mol. The van der Waals surface area contributed by atoms with Gasteiger partial charge in [0.25, 0.3) is 5.91 Å². The van der Waals surface area contributed by atoms with Gasteiger partial charge in [-0.3, -0.25) is 9.59 Å². The Morgan fingerprint density at radius 2 is 2.12 bits per heavy atom. The van der Waals surface area contributed by atoms with E-state index in [-0.39, 0.29) is 24.3 Å². The third-order valence-electron chi connectivity index (χ3n) is 4.60. The first-order valence-corrected chi connectivity index (χ1v) is 9.16. The van der Waals surface area contributed by atoms with E-state index in [4.69, 9.17) is 0 Å². The zero-order valence-corrected chi connectivity index (χ0v) is 14.1. The molecule has 0 spiro atoms. The van der Waals surface area contributed by atoms with Crippen molar-refractivity contribution in [1.29, 1.82) is 0 Å². The molecule has 1 aliphatic heterocycles. The van der Waals surface area contributed by atoms with Gasteiger partial charge in [-0.1, -0.05) is 18.2 Å². The number of benzene rings is 1. The molecule has 2 aliphatic rings. The van der Waals surface area contributed by atoms with Gasteiger partial charge in [0, 0.05) is 10.4 Å². The quantitative estimate of drug-likeness (QED) is 0.898. The summed E-state index contributed by atoms with van der Waals surface area (Å²) >= 11 is 1.71. The lowest BCUT2D eigenvalue weighted by atomic mass is 10.0. The van der Waals surface area contributed by atoms with Crippen molar-refractivity contribution in [1.82, 2.24) is 15.6 Å². The summed E-state index contributed by atoms with van der Waals surface area (Å²) < 4.78 is 0. The van der Waals surface area contributed by atoms with Gasteiger partial charge in [0.15, 0.2) is 0 Å². The number of hydrogen-bond acceptors (Lipinski definition) is 4. The molecule has 1 aromatic carbocycles. The molecule has 0 saturated heterocycles. The van der Waals surface area contributed by atoms with Gasteiger partial charge in [0.1, 0.15) is 5.01 Å². The molecule has 2 aromatic rings. The molecule has 0 fully saturated rings. The van der Waals surface area contributed by atoms with Crippen molar-refractivity contribution < 1.29 is 9.59 Å². The maximum atomic E-state index is 12.2. The summed E-state index contributed by atoms with van der Waals surface area (Å²) in [7, 11) is 0. The van der Waals surface area contributed by atoms with Crippen molar-refractivity contribution in [3.8, 4) is 0 Å². The van der Waals surface area contributed by atoms with Crippen LogP contribution in [0, 0.1) is 0 Å². The van der Waals surface area contributed by atoms with Crippen LogP contribution in [-0.4, -0.2) is 16.8 Å². The lowest BCUT2D eigenvalue weighted by Crippen LogP contribution is -2.28. The Hall–Kier alpha value is -2.21. The Labute approximate surface area is 144 Å². The summed E-state index contributed by atoms with van der Waals surface area (Å²) in [6, 6.07) is 7.19. The second kappa shape index (κ2) is 6.36. The van der Waals surface area contributed by atoms with E-state index in [1.165, 1.54) is 23.4 Å². The van der Waals surface area contributed by atoms with Crippen molar-refractivity contribution >= 4 is 23.2 Å². The van der Waals surface area contributed by atoms with E-state index in [0.29, 0.717) is 12.1 Å². The Morgan fingerprint density at radius 3 is 3.00 bits per heavy atom. The van der Waals surface area contributed by atoms with E-state index < -0.39 is 0 Å². The topological polar surface area (TPSA) is 71.1 Å². The zero-order valence-electron chi connectivity index (χ0n) is 13.3. The summed E-state index contributed by atoms with van der Waals surface area (Å²) in [6.07, 6.45) is 4.88. The molecule has 4 rings (SSSR count). The standard InChI is InChI=1S/C18H19N3O2S/c22-16(9-14-11-5-1-2-6-12(11)18(23)21-14)19-10-17-20-13-7-3-4-8-15(13)24-17/h1-2,5-6,14H,3-4,7-10H2,(H,19,22)(H,21,23)/t14-/m0/s1. The van der Waals surface area contributed by atoms with E-state index >= 15 is 0 Å². The van der Waals surface area contributed by atoms with Gasteiger partial charge in [-0.2, -0.15) is 0 Å². The molecular weight excluding hydrogens is 322 g/mol. The Kier molecular flexibility index (Phi) is 4.06. The SMILES string of the molecule is O=C(C[C@@H]1NC(=O)c2ccccc21)NCc1nc2c(s1)CCCC2. The van der Waals surface area contributed by atoms with Crippen LogP contribution >= 0.6 is 11.3 Å². The smallest absolute Gasteiger partial charge is 0.252 e. The fraction of sp³-hybridized carbons (Fsp3) is 0.389. The van der Waals surface area contributed by atoms with Crippen LogP contribution in [0.25, 0.3) is 0 Å². The van der Waals surface area contributed by atoms with E-state index in [9.17, 15) is 9.59 Å². The Balaban J connectivity index is 1.36. The Morgan fingerprint density at radius 1 is 1.29 bits per heavy atom. The second-order valence-electron chi connectivity index (χ2n) is 6.28. The normalized spacial score (nSPS) is 18.7. The highest BCUT2D eigenvalue weighted by Gasteiger charge is 2.29. The molecule has 2 amide bonds. The fourth-order valence-corrected chi connectivity index (χ4v) is 4.49. The lowest BCUT2D eigenvalue weighted by Gasteiger charge is -2.11. The monoisotopic (exact) mass is 341 g/mol. The Bertz CT molecular complexity index is 776. The molecule has 2 heterocycles. The molecule has 0 bridgehead atoms. The predicted octanol–water partition coefficient (Wildman–Crippen LogP) is 2.51. The lowest BCUT2D eigenvalue weighted by molar-refractivity contribution is -0.121. The van der Waals surface area contributed by atoms with Gasteiger partial charge in [-0.05, 0) is 37.3 Å². The number of aryl methyl sites for hydroxylation is 2. The molecule has 1 atom stereocenters. The number of nitrogens with one attached hydrogen (secondary N) is 2. The fourth-order valence-electron chi connectivity index (χ4n) is 3.40. The van der Waals surface area contributed by atoms with Crippen LogP contribution in [0.1, 0.15) is 56.8 Å². The summed E-state index contributed by atoms with van der Waals surface area (Å²) in [5.41, 5.74) is 2.79. The van der Waals surface area contributed by atoms with Crippen LogP contribution in [0.5, 0.6) is 0 Å². The molecule has 0 unspecified atom stereocenters. The first kappa shape index (κ1) is 15.3. The van der Waals surface area contributed by atoms with Crippen LogP contribution in [0.3, 0.4) is 0 Å². The summed E-state index contributed by atoms with van der Waals surface area (Å²) in [5.74, 6) is -0.166. The third kappa shape index (κ3) is 2.94. The van der Waals surface area contributed by atoms with Crippen LogP contribution in [-0.2, 0) is 24.2 Å². The number of aromatic nitrogens is 1. The van der Waals surface area contributed by atoms with Crippen molar-refractivity contribution in [3.05, 3.63) is 51.0 Å². The minimum absolute atomic E-state index is 0.0647. The van der Waals surface area contributed by atoms with E-state index in [2.05, 4.69) is 15.6 Å². The number of rotatable bonds is 4. The third-order valence-corrected chi connectivity index (χ3v) is 5.76. The largest absolute Gasteiger partial charge is 0.350 e.